The van der Waals surface area contributed by atoms with Gasteiger partial charge >= 0.3 is 0 Å². The fourth-order valence-corrected chi connectivity index (χ4v) is 5.32. The fraction of sp³-hybridized carbons (Fsp3) is 0.348. The first kappa shape index (κ1) is 15.8. The van der Waals surface area contributed by atoms with Gasteiger partial charge in [-0.1, -0.05) is 72.8 Å². The van der Waals surface area contributed by atoms with Crippen molar-refractivity contribution in [2.45, 2.75) is 37.0 Å². The minimum Gasteiger partial charge on any atom is -0.361 e. The molecule has 5 rings (SSSR count). The fourth-order valence-electron chi connectivity index (χ4n) is 5.32. The average Bonchev–Trinajstić information content (AvgIpc) is 3.25. The van der Waals surface area contributed by atoms with Gasteiger partial charge in [0.2, 0.25) is 5.91 Å². The molecule has 3 heteroatoms. The summed E-state index contributed by atoms with van der Waals surface area (Å²) in [6.45, 7) is 2.30. The van der Waals surface area contributed by atoms with Gasteiger partial charge in [-0.25, -0.2) is 0 Å². The van der Waals surface area contributed by atoms with Gasteiger partial charge in [0.1, 0.15) is 5.60 Å². The maximum atomic E-state index is 12.9. The van der Waals surface area contributed by atoms with Crippen LogP contribution in [0.15, 0.2) is 72.8 Å². The number of hydrogen-bond acceptors (Lipinski definition) is 2. The van der Waals surface area contributed by atoms with Crippen LogP contribution in [0.5, 0.6) is 0 Å². The molecule has 0 saturated carbocycles. The van der Waals surface area contributed by atoms with Crippen LogP contribution in [0.4, 0.5) is 0 Å². The first-order valence-electron chi connectivity index (χ1n) is 9.40. The van der Waals surface area contributed by atoms with Crippen molar-refractivity contribution in [3.63, 3.8) is 0 Å². The summed E-state index contributed by atoms with van der Waals surface area (Å²) in [5.41, 5.74) is 1.63. The molecule has 0 N–H and O–H groups in total. The molecule has 2 fully saturated rings. The molecule has 26 heavy (non-hydrogen) atoms. The molecule has 2 aromatic rings. The molecule has 1 spiro atoms. The zero-order valence-corrected chi connectivity index (χ0v) is 15.0. The van der Waals surface area contributed by atoms with Crippen LogP contribution in [0, 0.1) is 5.92 Å². The van der Waals surface area contributed by atoms with E-state index in [1.165, 1.54) is 11.1 Å². The van der Waals surface area contributed by atoms with E-state index in [-0.39, 0.29) is 17.6 Å². The van der Waals surface area contributed by atoms with Crippen LogP contribution in [-0.2, 0) is 15.1 Å². The van der Waals surface area contributed by atoms with Crippen molar-refractivity contribution in [1.29, 1.82) is 0 Å². The first-order valence-corrected chi connectivity index (χ1v) is 9.40. The lowest BCUT2D eigenvalue weighted by atomic mass is 9.65. The Balaban J connectivity index is 1.72. The van der Waals surface area contributed by atoms with E-state index in [0.29, 0.717) is 12.5 Å². The number of ether oxygens (including phenoxy) is 1. The highest BCUT2D eigenvalue weighted by molar-refractivity contribution is 5.76. The number of piperidine rings is 1. The molecular weight excluding hydrogens is 322 g/mol. The second-order valence-electron chi connectivity index (χ2n) is 7.80. The number of rotatable bonds is 2. The Morgan fingerprint density at radius 2 is 1.65 bits per heavy atom. The first-order chi connectivity index (χ1) is 12.6. The molecule has 3 atom stereocenters. The maximum Gasteiger partial charge on any atom is 0.220 e. The van der Waals surface area contributed by atoms with Crippen LogP contribution >= 0.6 is 0 Å². The van der Waals surface area contributed by atoms with Crippen molar-refractivity contribution in [2.75, 3.05) is 6.54 Å². The highest BCUT2D eigenvalue weighted by Crippen LogP contribution is 2.56. The molecule has 3 aliphatic heterocycles. The predicted molar refractivity (Wildman–Crippen MR) is 101 cm³/mol. The second-order valence-corrected chi connectivity index (χ2v) is 7.80. The molecule has 3 aliphatic rings. The number of amides is 1. The molecule has 3 nitrogen and oxygen atoms in total. The highest BCUT2D eigenvalue weighted by atomic mass is 16.5. The number of hydrogen-bond donors (Lipinski definition) is 0. The molecule has 0 aliphatic carbocycles. The Kier molecular flexibility index (Phi) is 3.38. The van der Waals surface area contributed by atoms with E-state index in [1.807, 2.05) is 17.0 Å². The van der Waals surface area contributed by atoms with E-state index in [9.17, 15) is 4.79 Å². The van der Waals surface area contributed by atoms with E-state index < -0.39 is 5.54 Å². The number of carbonyl (C=O) groups excluding carboxylic acids is 1. The van der Waals surface area contributed by atoms with E-state index in [1.54, 1.807) is 6.92 Å². The lowest BCUT2D eigenvalue weighted by molar-refractivity contribution is -0.147. The molecule has 0 radical (unpaired) electrons. The lowest BCUT2D eigenvalue weighted by Crippen LogP contribution is -2.62. The van der Waals surface area contributed by atoms with Gasteiger partial charge in [-0.15, -0.1) is 0 Å². The van der Waals surface area contributed by atoms with Gasteiger partial charge in [-0.3, -0.25) is 4.79 Å². The molecule has 2 saturated heterocycles. The molecule has 3 heterocycles. The third-order valence-electron chi connectivity index (χ3n) is 6.46. The van der Waals surface area contributed by atoms with Gasteiger partial charge in [0, 0.05) is 6.92 Å². The zero-order valence-electron chi connectivity index (χ0n) is 15.0. The average molecular weight is 345 g/mol. The summed E-state index contributed by atoms with van der Waals surface area (Å²) in [7, 11) is 0. The Morgan fingerprint density at radius 1 is 1.04 bits per heavy atom. The van der Waals surface area contributed by atoms with Gasteiger partial charge in [0.15, 0.2) is 0 Å². The number of fused-ring (bicyclic) bond motifs is 1. The molecule has 0 unspecified atom stereocenters. The number of benzene rings is 2. The molecule has 2 aromatic carbocycles. The van der Waals surface area contributed by atoms with Gasteiger partial charge in [0.25, 0.3) is 0 Å². The summed E-state index contributed by atoms with van der Waals surface area (Å²) >= 11 is 0. The smallest absolute Gasteiger partial charge is 0.220 e. The van der Waals surface area contributed by atoms with E-state index in [0.717, 1.165) is 12.8 Å². The van der Waals surface area contributed by atoms with Crippen molar-refractivity contribution >= 4 is 5.91 Å². The van der Waals surface area contributed by atoms with Gasteiger partial charge < -0.3 is 9.64 Å². The van der Waals surface area contributed by atoms with E-state index >= 15 is 0 Å². The normalized spacial score (nSPS) is 31.0. The molecule has 1 amide bonds. The Morgan fingerprint density at radius 3 is 2.19 bits per heavy atom. The third-order valence-corrected chi connectivity index (χ3v) is 6.46. The summed E-state index contributed by atoms with van der Waals surface area (Å²) in [6.07, 6.45) is 6.52. The molecule has 0 aromatic heterocycles. The van der Waals surface area contributed by atoms with Crippen LogP contribution < -0.4 is 0 Å². The summed E-state index contributed by atoms with van der Waals surface area (Å²) in [4.78, 5) is 14.9. The van der Waals surface area contributed by atoms with Gasteiger partial charge in [-0.2, -0.15) is 0 Å². The topological polar surface area (TPSA) is 29.5 Å². The van der Waals surface area contributed by atoms with E-state index in [4.69, 9.17) is 4.74 Å². The van der Waals surface area contributed by atoms with Gasteiger partial charge in [0.05, 0.1) is 18.2 Å². The summed E-state index contributed by atoms with van der Waals surface area (Å²) in [5, 5.41) is 0. The van der Waals surface area contributed by atoms with Crippen LogP contribution in [-0.4, -0.2) is 29.1 Å². The number of carbonyl (C=O) groups is 1. The van der Waals surface area contributed by atoms with Crippen molar-refractivity contribution in [1.82, 2.24) is 4.90 Å². The standard InChI is InChI=1S/C23H23NO2/c1-17(25)24-16-22-13-12-21(26-22)14-20(22)15-23(24,18-8-4-2-5-9-18)19-10-6-3-7-11-19/h2-13,20-21H,14-16H2,1H3/t20-,21+,22+/m1/s1. The Bertz CT molecular complexity index is 821. The van der Waals surface area contributed by atoms with Crippen molar-refractivity contribution in [3.8, 4) is 0 Å². The third kappa shape index (κ3) is 2.07. The minimum absolute atomic E-state index is 0.0953. The maximum absolute atomic E-state index is 12.9. The predicted octanol–water partition coefficient (Wildman–Crippen LogP) is 3.90. The highest BCUT2D eigenvalue weighted by Gasteiger charge is 2.60. The quantitative estimate of drug-likeness (QED) is 0.773. The van der Waals surface area contributed by atoms with Crippen LogP contribution in [0.25, 0.3) is 0 Å². The number of likely N-dealkylation sites (tertiary alicyclic amines) is 1. The van der Waals surface area contributed by atoms with Crippen LogP contribution in [0.1, 0.15) is 30.9 Å². The molecular formula is C23H23NO2. The second kappa shape index (κ2) is 5.55. The van der Waals surface area contributed by atoms with Gasteiger partial charge in [-0.05, 0) is 29.9 Å². The van der Waals surface area contributed by atoms with Crippen LogP contribution in [0.3, 0.4) is 0 Å². The Labute approximate surface area is 154 Å². The van der Waals surface area contributed by atoms with Crippen molar-refractivity contribution < 1.29 is 9.53 Å². The molecule has 2 bridgehead atoms. The monoisotopic (exact) mass is 345 g/mol. The largest absolute Gasteiger partial charge is 0.361 e. The number of nitrogens with zero attached hydrogens (tertiary/aromatic N) is 1. The minimum atomic E-state index is -0.439. The zero-order chi connectivity index (χ0) is 17.8. The lowest BCUT2D eigenvalue weighted by Gasteiger charge is -2.54. The molecule has 132 valence electrons. The Hall–Kier alpha value is -2.39. The summed E-state index contributed by atoms with van der Waals surface area (Å²) in [5.74, 6) is 0.520. The summed E-state index contributed by atoms with van der Waals surface area (Å²) < 4.78 is 6.30. The van der Waals surface area contributed by atoms with Crippen molar-refractivity contribution in [3.05, 3.63) is 83.9 Å². The SMILES string of the molecule is CC(=O)N1C[C@@]23C=C[C@@H](C[C@@H]2CC1(c1ccccc1)c1ccccc1)O3. The van der Waals surface area contributed by atoms with Crippen molar-refractivity contribution in [2.24, 2.45) is 5.92 Å². The van der Waals surface area contributed by atoms with Crippen LogP contribution in [0.2, 0.25) is 0 Å². The summed E-state index contributed by atoms with van der Waals surface area (Å²) in [6, 6.07) is 21.0. The van der Waals surface area contributed by atoms with E-state index in [2.05, 4.69) is 60.7 Å².